The number of aromatic nitrogens is 1. The fourth-order valence-corrected chi connectivity index (χ4v) is 3.79. The quantitative estimate of drug-likeness (QED) is 0.524. The molecule has 2 atom stereocenters. The number of ether oxygens (including phenoxy) is 1. The van der Waals surface area contributed by atoms with E-state index in [-0.39, 0.29) is 6.61 Å². The van der Waals surface area contributed by atoms with Crippen molar-refractivity contribution in [1.29, 1.82) is 5.26 Å². The van der Waals surface area contributed by atoms with Crippen LogP contribution in [0.4, 0.5) is 0 Å². The van der Waals surface area contributed by atoms with Crippen LogP contribution in [0.5, 0.6) is 0 Å². The fraction of sp³-hybridized carbons (Fsp3) is 0.267. The maximum Gasteiger partial charge on any atom is 0.335 e. The zero-order valence-corrected chi connectivity index (χ0v) is 13.1. The van der Waals surface area contributed by atoms with Gasteiger partial charge in [-0.25, -0.2) is 4.79 Å². The van der Waals surface area contributed by atoms with Crippen LogP contribution in [-0.4, -0.2) is 21.8 Å². The molecule has 6 heteroatoms. The highest BCUT2D eigenvalue weighted by Crippen LogP contribution is 2.45. The van der Waals surface area contributed by atoms with Crippen LogP contribution in [0.15, 0.2) is 41.6 Å². The van der Waals surface area contributed by atoms with Crippen molar-refractivity contribution in [2.24, 2.45) is 5.92 Å². The summed E-state index contributed by atoms with van der Waals surface area (Å²) in [4.78, 5) is 16.1. The van der Waals surface area contributed by atoms with Crippen molar-refractivity contribution in [3.05, 3.63) is 47.2 Å². The molecule has 0 bridgehead atoms. The molecule has 1 aliphatic rings. The number of thiocarbonyl (C=S) groups is 1. The summed E-state index contributed by atoms with van der Waals surface area (Å²) < 4.78 is 5.75. The Hall–Kier alpha value is -1.84. The summed E-state index contributed by atoms with van der Waals surface area (Å²) in [6, 6.07) is 4.06. The summed E-state index contributed by atoms with van der Waals surface area (Å²) in [5, 5.41) is 9.44. The molecule has 0 saturated carbocycles. The zero-order chi connectivity index (χ0) is 15.4. The molecule has 0 fully saturated rings. The van der Waals surface area contributed by atoms with E-state index in [2.05, 4.69) is 17.6 Å². The minimum Gasteiger partial charge on any atom is -0.458 e. The monoisotopic (exact) mass is 318 g/mol. The SMILES string of the molecule is C=CCOC(=O)C1=C(C)SC(=S)[C@@H](C#N)[C@H]1c1cc[nH]c1. The summed E-state index contributed by atoms with van der Waals surface area (Å²) in [6.07, 6.45) is 5.06. The van der Waals surface area contributed by atoms with E-state index in [1.54, 1.807) is 12.4 Å². The van der Waals surface area contributed by atoms with Gasteiger partial charge >= 0.3 is 5.97 Å². The first-order valence-electron chi connectivity index (χ1n) is 6.33. The summed E-state index contributed by atoms with van der Waals surface area (Å²) in [5.41, 5.74) is 1.36. The van der Waals surface area contributed by atoms with E-state index in [0.717, 1.165) is 10.5 Å². The number of hydrogen-bond donors (Lipinski definition) is 1. The molecule has 4 nitrogen and oxygen atoms in total. The normalized spacial score (nSPS) is 21.8. The molecule has 108 valence electrons. The lowest BCUT2D eigenvalue weighted by atomic mass is 9.82. The minimum atomic E-state index is -0.532. The van der Waals surface area contributed by atoms with Crippen molar-refractivity contribution in [1.82, 2.24) is 4.98 Å². The molecular formula is C15H14N2O2S2. The zero-order valence-electron chi connectivity index (χ0n) is 11.5. The van der Waals surface area contributed by atoms with Crippen LogP contribution in [0.1, 0.15) is 18.4 Å². The summed E-state index contributed by atoms with van der Waals surface area (Å²) in [7, 11) is 0. The Bertz CT molecular complexity index is 641. The Morgan fingerprint density at radius 1 is 1.71 bits per heavy atom. The molecule has 0 unspecified atom stereocenters. The van der Waals surface area contributed by atoms with Crippen molar-refractivity contribution >= 4 is 34.1 Å². The van der Waals surface area contributed by atoms with Crippen LogP contribution in [-0.2, 0) is 9.53 Å². The number of allylic oxidation sites excluding steroid dienone is 1. The maximum absolute atomic E-state index is 12.3. The maximum atomic E-state index is 12.3. The van der Waals surface area contributed by atoms with Crippen LogP contribution in [0.25, 0.3) is 0 Å². The van der Waals surface area contributed by atoms with E-state index in [1.165, 1.54) is 17.8 Å². The van der Waals surface area contributed by atoms with Crippen molar-refractivity contribution in [2.45, 2.75) is 12.8 Å². The van der Waals surface area contributed by atoms with Crippen LogP contribution < -0.4 is 0 Å². The number of nitriles is 1. The molecule has 0 radical (unpaired) electrons. The third-order valence-corrected chi connectivity index (χ3v) is 4.69. The van der Waals surface area contributed by atoms with Gasteiger partial charge in [-0.3, -0.25) is 0 Å². The molecule has 1 aliphatic heterocycles. The molecule has 0 aliphatic carbocycles. The molecule has 0 amide bonds. The number of carbonyl (C=O) groups is 1. The fourth-order valence-electron chi connectivity index (χ4n) is 2.29. The van der Waals surface area contributed by atoms with Gasteiger partial charge in [0.25, 0.3) is 0 Å². The minimum absolute atomic E-state index is 0.141. The number of nitrogens with zero attached hydrogens (tertiary/aromatic N) is 1. The van der Waals surface area contributed by atoms with Gasteiger partial charge in [0.2, 0.25) is 0 Å². The van der Waals surface area contributed by atoms with E-state index in [9.17, 15) is 10.1 Å². The average Bonchev–Trinajstić information content (AvgIpc) is 2.97. The van der Waals surface area contributed by atoms with Gasteiger partial charge in [-0.05, 0) is 23.5 Å². The van der Waals surface area contributed by atoms with E-state index in [1.807, 2.05) is 13.0 Å². The van der Waals surface area contributed by atoms with Crippen molar-refractivity contribution < 1.29 is 9.53 Å². The van der Waals surface area contributed by atoms with Crippen LogP contribution >= 0.6 is 24.0 Å². The molecule has 0 spiro atoms. The van der Waals surface area contributed by atoms with Crippen molar-refractivity contribution in [3.63, 3.8) is 0 Å². The van der Waals surface area contributed by atoms with Crippen LogP contribution in [0.2, 0.25) is 0 Å². The van der Waals surface area contributed by atoms with E-state index < -0.39 is 17.8 Å². The first-order valence-corrected chi connectivity index (χ1v) is 7.55. The van der Waals surface area contributed by atoms with Crippen LogP contribution in [0.3, 0.4) is 0 Å². The Labute approximate surface area is 132 Å². The molecule has 1 aromatic heterocycles. The van der Waals surface area contributed by atoms with Gasteiger partial charge in [0, 0.05) is 18.3 Å². The van der Waals surface area contributed by atoms with Gasteiger partial charge in [0.05, 0.1) is 21.8 Å². The average molecular weight is 318 g/mol. The smallest absolute Gasteiger partial charge is 0.335 e. The molecule has 0 aromatic carbocycles. The lowest BCUT2D eigenvalue weighted by molar-refractivity contribution is -0.138. The van der Waals surface area contributed by atoms with Gasteiger partial charge in [0.15, 0.2) is 0 Å². The number of esters is 1. The Kier molecular flexibility index (Phi) is 4.99. The van der Waals surface area contributed by atoms with Gasteiger partial charge in [-0.2, -0.15) is 5.26 Å². The Balaban J connectivity index is 2.48. The highest BCUT2D eigenvalue weighted by atomic mass is 32.2. The highest BCUT2D eigenvalue weighted by Gasteiger charge is 2.39. The number of rotatable bonds is 4. The molecule has 0 saturated heterocycles. The van der Waals surface area contributed by atoms with Crippen LogP contribution in [0, 0.1) is 17.2 Å². The molecular weight excluding hydrogens is 304 g/mol. The number of aromatic amines is 1. The standard InChI is InChI=1S/C15H14N2O2S2/c1-3-6-19-14(18)12-9(2)21-15(20)11(7-16)13(12)10-4-5-17-8-10/h3-5,8,11,13,17H,1,6H2,2H3/t11-,13+/m0/s1. The second-order valence-electron chi connectivity index (χ2n) is 4.51. The van der Waals surface area contributed by atoms with Crippen molar-refractivity contribution in [3.8, 4) is 6.07 Å². The molecule has 21 heavy (non-hydrogen) atoms. The van der Waals surface area contributed by atoms with E-state index in [0.29, 0.717) is 9.77 Å². The van der Waals surface area contributed by atoms with Gasteiger partial charge in [-0.1, -0.05) is 36.6 Å². The van der Waals surface area contributed by atoms with Gasteiger partial charge < -0.3 is 9.72 Å². The number of nitrogens with one attached hydrogen (secondary N) is 1. The predicted molar refractivity (Wildman–Crippen MR) is 86.7 cm³/mol. The largest absolute Gasteiger partial charge is 0.458 e. The predicted octanol–water partition coefficient (Wildman–Crippen LogP) is 3.32. The summed E-state index contributed by atoms with van der Waals surface area (Å²) in [6.45, 7) is 5.50. The topological polar surface area (TPSA) is 65.9 Å². The number of H-pyrrole nitrogens is 1. The third-order valence-electron chi connectivity index (χ3n) is 3.20. The first kappa shape index (κ1) is 15.5. The molecule has 2 heterocycles. The Morgan fingerprint density at radius 3 is 3.05 bits per heavy atom. The van der Waals surface area contributed by atoms with Gasteiger partial charge in [-0.15, -0.1) is 0 Å². The van der Waals surface area contributed by atoms with E-state index in [4.69, 9.17) is 17.0 Å². The molecule has 1 N–H and O–H groups in total. The third kappa shape index (κ3) is 3.09. The Morgan fingerprint density at radius 2 is 2.48 bits per heavy atom. The first-order chi connectivity index (χ1) is 10.1. The number of carbonyl (C=O) groups excluding carboxylic acids is 1. The second-order valence-corrected chi connectivity index (χ2v) is 6.46. The van der Waals surface area contributed by atoms with Gasteiger partial charge in [0.1, 0.15) is 6.61 Å². The molecule has 2 rings (SSSR count). The van der Waals surface area contributed by atoms with Crippen molar-refractivity contribution in [2.75, 3.05) is 6.61 Å². The second kappa shape index (κ2) is 6.74. The highest BCUT2D eigenvalue weighted by molar-refractivity contribution is 8.25. The summed E-state index contributed by atoms with van der Waals surface area (Å²) in [5.74, 6) is -1.35. The molecule has 1 aromatic rings. The lowest BCUT2D eigenvalue weighted by Crippen LogP contribution is -2.28. The summed E-state index contributed by atoms with van der Waals surface area (Å²) >= 11 is 6.61. The number of thioether (sulfide) groups is 1. The lowest BCUT2D eigenvalue weighted by Gasteiger charge is -2.29. The van der Waals surface area contributed by atoms with E-state index >= 15 is 0 Å². The number of hydrogen-bond acceptors (Lipinski definition) is 5.